The lowest BCUT2D eigenvalue weighted by Crippen LogP contribution is -2.45. The van der Waals surface area contributed by atoms with Crippen LogP contribution >= 0.6 is 54.0 Å². The van der Waals surface area contributed by atoms with E-state index in [1.807, 2.05) is 29.6 Å². The lowest BCUT2D eigenvalue weighted by atomic mass is 10.0. The van der Waals surface area contributed by atoms with Crippen LogP contribution in [0.3, 0.4) is 0 Å². The summed E-state index contributed by atoms with van der Waals surface area (Å²) < 4.78 is 51.2. The number of nitrogens with one attached hydrogen (secondary N) is 1. The maximum atomic E-state index is 14.3. The van der Waals surface area contributed by atoms with Crippen molar-refractivity contribution in [3.63, 3.8) is 0 Å². The highest BCUT2D eigenvalue weighted by Crippen LogP contribution is 2.39. The molecule has 25 heteroatoms. The monoisotopic (exact) mass is 1140 g/mol. The molecule has 0 bridgehead atoms. The molecule has 1 saturated carbocycles. The Hall–Kier alpha value is -3.92. The van der Waals surface area contributed by atoms with Gasteiger partial charge in [-0.3, -0.25) is 29.4 Å². The van der Waals surface area contributed by atoms with Crippen LogP contribution in [0.25, 0.3) is 0 Å². The molecule has 73 heavy (non-hydrogen) atoms. The van der Waals surface area contributed by atoms with Crippen molar-refractivity contribution in [1.29, 1.82) is 0 Å². The third kappa shape index (κ3) is 21.0. The molecule has 1 aromatic heterocycles. The fraction of sp³-hybridized carbons (Fsp3) is 0.521. The first-order valence-electron chi connectivity index (χ1n) is 22.7. The van der Waals surface area contributed by atoms with E-state index in [4.69, 9.17) is 79.8 Å². The Morgan fingerprint density at radius 1 is 1.05 bits per heavy atom. The predicted molar refractivity (Wildman–Crippen MR) is 281 cm³/mol. The summed E-state index contributed by atoms with van der Waals surface area (Å²) in [6.45, 7) is 11.2. The van der Waals surface area contributed by atoms with Crippen molar-refractivity contribution in [2.45, 2.75) is 103 Å². The van der Waals surface area contributed by atoms with Crippen LogP contribution in [0, 0.1) is 5.82 Å². The number of methoxy groups -OCH3 is 1. The number of ether oxygens (including phenoxy) is 4. The zero-order chi connectivity index (χ0) is 55.4. The smallest absolute Gasteiger partial charge is 0.427 e. The topological polar surface area (TPSA) is 238 Å². The molecule has 2 aromatic carbocycles. The number of aliphatic carboxylic acids is 1. The average molecular weight is 1150 g/mol. The number of para-hydroxylation sites is 1. The number of carbonyl (C=O) groups is 5. The van der Waals surface area contributed by atoms with Crippen LogP contribution in [0.1, 0.15) is 90.2 Å². The Balaban J connectivity index is 0.000000337. The third-order valence-corrected chi connectivity index (χ3v) is 11.8. The number of rotatable bonds is 15. The number of hydrogen-bond donors (Lipinski definition) is 3. The number of imide groups is 1. The van der Waals surface area contributed by atoms with Crippen molar-refractivity contribution in [2.75, 3.05) is 67.7 Å². The van der Waals surface area contributed by atoms with Gasteiger partial charge in [0, 0.05) is 13.2 Å². The number of carboxylic acid groups (broad SMARTS) is 1. The summed E-state index contributed by atoms with van der Waals surface area (Å²) in [7, 11) is -2.13. The van der Waals surface area contributed by atoms with Gasteiger partial charge in [0.05, 0.1) is 66.9 Å². The van der Waals surface area contributed by atoms with Gasteiger partial charge in [0.2, 0.25) is 5.91 Å². The number of carboxylic acids is 1. The van der Waals surface area contributed by atoms with Gasteiger partial charge in [0.15, 0.2) is 10.6 Å². The molecule has 3 aliphatic rings. The second-order valence-electron chi connectivity index (χ2n) is 17.3. The van der Waals surface area contributed by atoms with Gasteiger partial charge in [-0.2, -0.15) is 0 Å². The van der Waals surface area contributed by atoms with Crippen LogP contribution < -0.4 is 24.7 Å². The number of anilines is 2. The SMILES string of the molecule is CC(C)=C1OC(=O)N(c2cc(OC3CCCC3)c(Cl)cc2F)C1=O.CC1(C)OC(c2ccco2)CN1C(=O)C(Cl)Cl.CCc1cccc(CC)c1N(COC)C(=O)CCl.C[S+](C)C.O=C(O)CNCP(=O)([O-])O. The van der Waals surface area contributed by atoms with Crippen molar-refractivity contribution >= 4 is 106 Å². The molecule has 3 fully saturated rings. The number of carbonyl (C=O) groups excluding carboxylic acids is 4. The zero-order valence-corrected chi connectivity index (χ0v) is 47.2. The molecule has 2 atom stereocenters. The van der Waals surface area contributed by atoms with E-state index in [1.165, 1.54) is 11.0 Å². The fourth-order valence-corrected chi connectivity index (χ4v) is 8.08. The summed E-state index contributed by atoms with van der Waals surface area (Å²) in [5.41, 5.74) is 2.81. The molecular weight excluding hydrogens is 1080 g/mol. The predicted octanol–water partition coefficient (Wildman–Crippen LogP) is 8.94. The largest absolute Gasteiger partial charge is 0.778 e. The minimum Gasteiger partial charge on any atom is -0.778 e. The second-order valence-corrected chi connectivity index (χ2v) is 23.1. The molecule has 2 unspecified atom stereocenters. The molecule has 3 aromatic rings. The highest BCUT2D eigenvalue weighted by molar-refractivity contribution is 7.94. The van der Waals surface area contributed by atoms with Crippen LogP contribution in [-0.4, -0.2) is 119 Å². The zero-order valence-electron chi connectivity index (χ0n) is 42.5. The van der Waals surface area contributed by atoms with Crippen molar-refractivity contribution in [3.05, 3.63) is 87.8 Å². The number of hydrogen-bond acceptors (Lipinski definition) is 13. The molecule has 6 rings (SSSR count). The maximum Gasteiger partial charge on any atom is 0.427 e. The number of halogens is 5. The van der Waals surface area contributed by atoms with Crippen LogP contribution in [-0.2, 0) is 61.7 Å². The Bertz CT molecular complexity index is 2360. The number of amides is 4. The van der Waals surface area contributed by atoms with Crippen LogP contribution in [0.4, 0.5) is 20.6 Å². The van der Waals surface area contributed by atoms with Gasteiger partial charge in [-0.1, -0.05) is 66.8 Å². The van der Waals surface area contributed by atoms with E-state index >= 15 is 0 Å². The van der Waals surface area contributed by atoms with Gasteiger partial charge in [-0.25, -0.2) is 14.1 Å². The number of alkyl halides is 3. The number of aryl methyl sites for hydroxylation is 2. The van der Waals surface area contributed by atoms with E-state index < -0.39 is 54.8 Å². The number of cyclic esters (lactones) is 1. The summed E-state index contributed by atoms with van der Waals surface area (Å²) in [6, 6.07) is 12.0. The van der Waals surface area contributed by atoms with E-state index in [0.717, 1.165) is 61.4 Å². The van der Waals surface area contributed by atoms with Gasteiger partial charge in [-0.15, -0.1) is 11.6 Å². The Morgan fingerprint density at radius 3 is 2.10 bits per heavy atom. The van der Waals surface area contributed by atoms with E-state index in [0.29, 0.717) is 33.7 Å². The molecule has 4 amide bonds. The van der Waals surface area contributed by atoms with Crippen molar-refractivity contribution in [2.24, 2.45) is 0 Å². The summed E-state index contributed by atoms with van der Waals surface area (Å²) >= 11 is 22.9. The minimum absolute atomic E-state index is 0.00962. The van der Waals surface area contributed by atoms with E-state index in [-0.39, 0.29) is 58.9 Å². The van der Waals surface area contributed by atoms with Gasteiger partial charge in [0.1, 0.15) is 49.4 Å². The Kier molecular flexibility index (Phi) is 27.9. The molecule has 408 valence electrons. The molecule has 0 radical (unpaired) electrons. The molecule has 1 aliphatic carbocycles. The Morgan fingerprint density at radius 2 is 1.64 bits per heavy atom. The summed E-state index contributed by atoms with van der Waals surface area (Å²) in [5, 5.41) is 10.1. The summed E-state index contributed by atoms with van der Waals surface area (Å²) in [6.07, 6.45) is 11.9. The van der Waals surface area contributed by atoms with E-state index in [2.05, 4.69) is 32.6 Å². The second kappa shape index (κ2) is 31.2. The lowest BCUT2D eigenvalue weighted by molar-refractivity contribution is -0.193. The average Bonchev–Trinajstić information content (AvgIpc) is 4.14. The Labute approximate surface area is 449 Å². The number of benzene rings is 2. The minimum atomic E-state index is -4.35. The van der Waals surface area contributed by atoms with E-state index in [9.17, 15) is 37.8 Å². The first-order chi connectivity index (χ1) is 34.1. The first-order valence-corrected chi connectivity index (χ1v) is 28.7. The number of furan rings is 1. The fourth-order valence-electron chi connectivity index (χ4n) is 7.11. The molecule has 0 spiro atoms. The van der Waals surface area contributed by atoms with Crippen molar-refractivity contribution in [3.8, 4) is 5.75 Å². The number of nitrogens with zero attached hydrogens (tertiary/aromatic N) is 3. The van der Waals surface area contributed by atoms with Crippen LogP contribution in [0.2, 0.25) is 5.02 Å². The molecule has 2 aliphatic heterocycles. The first kappa shape index (κ1) is 65.2. The van der Waals surface area contributed by atoms with Gasteiger partial charge in [0.25, 0.3) is 5.91 Å². The summed E-state index contributed by atoms with van der Waals surface area (Å²) in [5.74, 6) is -2.33. The van der Waals surface area contributed by atoms with E-state index in [1.54, 1.807) is 52.0 Å². The van der Waals surface area contributed by atoms with Gasteiger partial charge in [-0.05, 0) is 112 Å². The van der Waals surface area contributed by atoms with Crippen molar-refractivity contribution < 1.29 is 71.2 Å². The van der Waals surface area contributed by atoms with Crippen molar-refractivity contribution in [1.82, 2.24) is 10.2 Å². The summed E-state index contributed by atoms with van der Waals surface area (Å²) in [4.78, 5) is 78.6. The molecular formula is C48H66Cl4FN4O14PS. The maximum absolute atomic E-state index is 14.3. The van der Waals surface area contributed by atoms with Crippen LogP contribution in [0.5, 0.6) is 5.75 Å². The standard InChI is InChI=1S/C17H17ClFNO4.C14H20ClNO2.C11H13Cl2NO3.C3H8NO5P.C3H9S/c1-9(2)15-16(21)20(17(22)24-15)13-8-14(11(18)7-12(13)19)23-10-5-3-4-6-10;1-4-11-7-6-8-12(5-2)14(11)16(10-18-3)13(17)9-15;1-11(2)14(10(15)9(12)13)6-8(17-11)7-4-3-5-16-7;5-3(6)1-4-2-10(7,8)9;1-4(2)3/h7-8,10H,3-6H2,1-2H3;6-8H,4-5,9-10H2,1-3H3;3-5,8-9H,6H2,1-2H3;4H,1-2H2,(H,5,6)(H2,7,8,9);1-3H3/q;;;;+1/p-1. The normalized spacial score (nSPS) is 16.8. The third-order valence-electron chi connectivity index (χ3n) is 10.3. The quantitative estimate of drug-likeness (QED) is 0.0423. The lowest BCUT2D eigenvalue weighted by Gasteiger charge is -2.29. The molecule has 3 N–H and O–H groups in total. The van der Waals surface area contributed by atoms with Crippen LogP contribution in [0.15, 0.2) is 64.5 Å². The van der Waals surface area contributed by atoms with Gasteiger partial charge < -0.3 is 47.7 Å². The van der Waals surface area contributed by atoms with Gasteiger partial charge >= 0.3 is 18.0 Å². The molecule has 3 heterocycles. The molecule has 18 nitrogen and oxygen atoms in total. The highest BCUT2D eigenvalue weighted by atomic mass is 35.5. The highest BCUT2D eigenvalue weighted by Gasteiger charge is 2.45. The molecule has 2 saturated heterocycles. The number of allylic oxidation sites excluding steroid dienone is 1.